The molecule has 1 aliphatic rings. The van der Waals surface area contributed by atoms with Gasteiger partial charge < -0.3 is 10.2 Å². The fourth-order valence-corrected chi connectivity index (χ4v) is 1.46. The van der Waals surface area contributed by atoms with E-state index in [1.807, 2.05) is 14.1 Å². The van der Waals surface area contributed by atoms with Crippen LogP contribution in [0.25, 0.3) is 0 Å². The predicted molar refractivity (Wildman–Crippen MR) is 48.0 cm³/mol. The van der Waals surface area contributed by atoms with Crippen LogP contribution in [0.5, 0.6) is 0 Å². The first kappa shape index (κ1) is 9.48. The van der Waals surface area contributed by atoms with Gasteiger partial charge in [-0.15, -0.1) is 0 Å². The Kier molecular flexibility index (Phi) is 3.05. The summed E-state index contributed by atoms with van der Waals surface area (Å²) < 4.78 is 0. The molecular weight excluding hydrogens is 154 g/mol. The average molecular weight is 171 g/mol. The van der Waals surface area contributed by atoms with Crippen LogP contribution in [-0.2, 0) is 4.79 Å². The second-order valence-electron chi connectivity index (χ2n) is 3.37. The van der Waals surface area contributed by atoms with Crippen molar-refractivity contribution in [2.75, 3.05) is 40.8 Å². The smallest absolute Gasteiger partial charge is 0.238 e. The summed E-state index contributed by atoms with van der Waals surface area (Å²) in [5.41, 5.74) is 0. The van der Waals surface area contributed by atoms with Crippen LogP contribution in [0.4, 0.5) is 0 Å². The molecule has 1 atom stereocenters. The van der Waals surface area contributed by atoms with Crippen molar-refractivity contribution in [2.24, 2.45) is 0 Å². The van der Waals surface area contributed by atoms with E-state index in [-0.39, 0.29) is 11.9 Å². The Morgan fingerprint density at radius 3 is 2.67 bits per heavy atom. The molecule has 0 aliphatic carbocycles. The third-order valence-electron chi connectivity index (χ3n) is 2.40. The Labute approximate surface area is 73.5 Å². The summed E-state index contributed by atoms with van der Waals surface area (Å²) >= 11 is 0. The van der Waals surface area contributed by atoms with Crippen LogP contribution in [-0.4, -0.2) is 62.5 Å². The molecule has 0 aromatic heterocycles. The van der Waals surface area contributed by atoms with Crippen LogP contribution in [0.3, 0.4) is 0 Å². The number of carbonyl (C=O) groups excluding carboxylic acids is 1. The summed E-state index contributed by atoms with van der Waals surface area (Å²) in [6.45, 7) is 2.84. The Hall–Kier alpha value is -0.610. The molecule has 0 spiro atoms. The SMILES string of the molecule is CNC(=O)C1CN(C)CCN1C. The second-order valence-corrected chi connectivity index (χ2v) is 3.37. The lowest BCUT2D eigenvalue weighted by Crippen LogP contribution is -2.56. The van der Waals surface area contributed by atoms with Gasteiger partial charge in [0.25, 0.3) is 0 Å². The summed E-state index contributed by atoms with van der Waals surface area (Å²) in [6.07, 6.45) is 0. The predicted octanol–water partition coefficient (Wildman–Crippen LogP) is -1.02. The van der Waals surface area contributed by atoms with Gasteiger partial charge in [-0.1, -0.05) is 0 Å². The highest BCUT2D eigenvalue weighted by Gasteiger charge is 2.27. The van der Waals surface area contributed by atoms with Gasteiger partial charge in [-0.25, -0.2) is 0 Å². The third kappa shape index (κ3) is 1.95. The van der Waals surface area contributed by atoms with Gasteiger partial charge in [0.05, 0.1) is 0 Å². The molecule has 1 N–H and O–H groups in total. The maximum atomic E-state index is 11.3. The fraction of sp³-hybridized carbons (Fsp3) is 0.875. The maximum Gasteiger partial charge on any atom is 0.238 e. The Morgan fingerprint density at radius 2 is 2.08 bits per heavy atom. The monoisotopic (exact) mass is 171 g/mol. The second kappa shape index (κ2) is 3.87. The molecule has 1 heterocycles. The number of likely N-dealkylation sites (N-methyl/N-ethyl adjacent to an activating group) is 3. The number of carbonyl (C=O) groups is 1. The van der Waals surface area contributed by atoms with Crippen molar-refractivity contribution in [3.63, 3.8) is 0 Å². The van der Waals surface area contributed by atoms with E-state index in [0.29, 0.717) is 0 Å². The number of nitrogens with zero attached hydrogens (tertiary/aromatic N) is 2. The normalized spacial score (nSPS) is 27.1. The Morgan fingerprint density at radius 1 is 1.42 bits per heavy atom. The topological polar surface area (TPSA) is 35.6 Å². The van der Waals surface area contributed by atoms with Crippen molar-refractivity contribution in [3.05, 3.63) is 0 Å². The van der Waals surface area contributed by atoms with Gasteiger partial charge in [0.15, 0.2) is 0 Å². The molecule has 1 saturated heterocycles. The number of amides is 1. The first-order valence-corrected chi connectivity index (χ1v) is 4.25. The molecule has 4 heteroatoms. The molecule has 1 rings (SSSR count). The van der Waals surface area contributed by atoms with Gasteiger partial charge in [-0.05, 0) is 14.1 Å². The van der Waals surface area contributed by atoms with Crippen LogP contribution in [0.1, 0.15) is 0 Å². The minimum Gasteiger partial charge on any atom is -0.358 e. The van der Waals surface area contributed by atoms with E-state index in [2.05, 4.69) is 15.1 Å². The van der Waals surface area contributed by atoms with Crippen LogP contribution < -0.4 is 5.32 Å². The highest BCUT2D eigenvalue weighted by molar-refractivity contribution is 5.81. The molecule has 1 amide bonds. The van der Waals surface area contributed by atoms with Crippen LogP contribution in [0.2, 0.25) is 0 Å². The van der Waals surface area contributed by atoms with E-state index in [0.717, 1.165) is 19.6 Å². The lowest BCUT2D eigenvalue weighted by atomic mass is 10.2. The molecule has 0 saturated carbocycles. The maximum absolute atomic E-state index is 11.3. The molecule has 1 fully saturated rings. The standard InChI is InChI=1S/C8H17N3O/c1-9-8(12)7-6-10(2)4-5-11(7)3/h7H,4-6H2,1-3H3,(H,9,12). The van der Waals surface area contributed by atoms with E-state index in [1.54, 1.807) is 7.05 Å². The van der Waals surface area contributed by atoms with Crippen LogP contribution in [0.15, 0.2) is 0 Å². The number of nitrogens with one attached hydrogen (secondary N) is 1. The number of piperazine rings is 1. The lowest BCUT2D eigenvalue weighted by molar-refractivity contribution is -0.127. The van der Waals surface area contributed by atoms with E-state index >= 15 is 0 Å². The molecule has 4 nitrogen and oxygen atoms in total. The number of hydrogen-bond donors (Lipinski definition) is 1. The van der Waals surface area contributed by atoms with Crippen molar-refractivity contribution < 1.29 is 4.79 Å². The largest absolute Gasteiger partial charge is 0.358 e. The number of hydrogen-bond acceptors (Lipinski definition) is 3. The Bertz CT molecular complexity index is 172. The van der Waals surface area contributed by atoms with Crippen molar-refractivity contribution in [1.29, 1.82) is 0 Å². The van der Waals surface area contributed by atoms with Crippen molar-refractivity contribution in [2.45, 2.75) is 6.04 Å². The van der Waals surface area contributed by atoms with Gasteiger partial charge >= 0.3 is 0 Å². The molecule has 1 unspecified atom stereocenters. The van der Waals surface area contributed by atoms with Gasteiger partial charge in [-0.3, -0.25) is 9.69 Å². The molecule has 12 heavy (non-hydrogen) atoms. The van der Waals surface area contributed by atoms with Gasteiger partial charge in [0.1, 0.15) is 6.04 Å². The van der Waals surface area contributed by atoms with Gasteiger partial charge in [0, 0.05) is 26.7 Å². The zero-order chi connectivity index (χ0) is 9.14. The minimum atomic E-state index is 0.0220. The van der Waals surface area contributed by atoms with Crippen LogP contribution >= 0.6 is 0 Å². The highest BCUT2D eigenvalue weighted by atomic mass is 16.2. The van der Waals surface area contributed by atoms with Gasteiger partial charge in [-0.2, -0.15) is 0 Å². The third-order valence-corrected chi connectivity index (χ3v) is 2.40. The summed E-state index contributed by atoms with van der Waals surface area (Å²) in [4.78, 5) is 15.6. The summed E-state index contributed by atoms with van der Waals surface area (Å²) in [5.74, 6) is 0.115. The summed E-state index contributed by atoms with van der Waals surface area (Å²) in [7, 11) is 5.72. The molecule has 70 valence electrons. The minimum absolute atomic E-state index is 0.0220. The summed E-state index contributed by atoms with van der Waals surface area (Å²) in [5, 5.41) is 2.68. The number of rotatable bonds is 1. The fourth-order valence-electron chi connectivity index (χ4n) is 1.46. The molecular formula is C8H17N3O. The molecule has 0 radical (unpaired) electrons. The zero-order valence-corrected chi connectivity index (χ0v) is 8.00. The molecule has 0 aromatic carbocycles. The van der Waals surface area contributed by atoms with Gasteiger partial charge in [0.2, 0.25) is 5.91 Å². The highest BCUT2D eigenvalue weighted by Crippen LogP contribution is 2.05. The van der Waals surface area contributed by atoms with E-state index < -0.39 is 0 Å². The summed E-state index contributed by atoms with van der Waals surface area (Å²) in [6, 6.07) is 0.0220. The first-order chi connectivity index (χ1) is 5.65. The van der Waals surface area contributed by atoms with Crippen molar-refractivity contribution in [3.8, 4) is 0 Å². The first-order valence-electron chi connectivity index (χ1n) is 4.25. The van der Waals surface area contributed by atoms with E-state index in [1.165, 1.54) is 0 Å². The average Bonchev–Trinajstić information content (AvgIpc) is 2.08. The van der Waals surface area contributed by atoms with Crippen LogP contribution in [0, 0.1) is 0 Å². The zero-order valence-electron chi connectivity index (χ0n) is 8.00. The molecule has 0 aromatic rings. The van der Waals surface area contributed by atoms with E-state index in [9.17, 15) is 4.79 Å². The van der Waals surface area contributed by atoms with Crippen molar-refractivity contribution in [1.82, 2.24) is 15.1 Å². The van der Waals surface area contributed by atoms with Crippen molar-refractivity contribution >= 4 is 5.91 Å². The quantitative estimate of drug-likeness (QED) is 0.548. The molecule has 1 aliphatic heterocycles. The lowest BCUT2D eigenvalue weighted by Gasteiger charge is -2.36. The molecule has 0 bridgehead atoms. The van der Waals surface area contributed by atoms with E-state index in [4.69, 9.17) is 0 Å². The Balaban J connectivity index is 2.54.